The number of benzene rings is 2. The Bertz CT molecular complexity index is 553. The molecule has 0 N–H and O–H groups in total. The van der Waals surface area contributed by atoms with Crippen LogP contribution in [0.2, 0.25) is 0 Å². The Morgan fingerprint density at radius 2 is 1.32 bits per heavy atom. The molecule has 0 bridgehead atoms. The minimum atomic E-state index is -4.33. The van der Waals surface area contributed by atoms with E-state index in [9.17, 15) is 13.2 Å². The lowest BCUT2D eigenvalue weighted by molar-refractivity contribution is -0.137. The number of halogens is 3. The van der Waals surface area contributed by atoms with Gasteiger partial charge in [0.2, 0.25) is 0 Å². The highest BCUT2D eigenvalue weighted by atomic mass is 19.4. The first-order valence-electron chi connectivity index (χ1n) is 5.56. The molecule has 0 fully saturated rings. The van der Waals surface area contributed by atoms with Gasteiger partial charge in [-0.2, -0.15) is 13.2 Å². The van der Waals surface area contributed by atoms with Crippen molar-refractivity contribution in [2.45, 2.75) is 6.18 Å². The van der Waals surface area contributed by atoms with E-state index >= 15 is 0 Å². The maximum absolute atomic E-state index is 12.4. The van der Waals surface area contributed by atoms with Gasteiger partial charge in [0.05, 0.1) is 5.56 Å². The van der Waals surface area contributed by atoms with Crippen molar-refractivity contribution in [2.24, 2.45) is 0 Å². The van der Waals surface area contributed by atoms with Gasteiger partial charge in [0, 0.05) is 0 Å². The number of rotatable bonds is 3. The Balaban J connectivity index is 2.12. The SMILES string of the molecule is C=Cc1ccc(Oc2ccc(C(F)(F)F)cc2)cc1. The lowest BCUT2D eigenvalue weighted by atomic mass is 10.2. The Kier molecular flexibility index (Phi) is 3.60. The molecule has 0 unspecified atom stereocenters. The molecule has 2 aromatic rings. The highest BCUT2D eigenvalue weighted by Crippen LogP contribution is 2.31. The van der Waals surface area contributed by atoms with Crippen LogP contribution >= 0.6 is 0 Å². The third-order valence-electron chi connectivity index (χ3n) is 2.53. The van der Waals surface area contributed by atoms with E-state index in [2.05, 4.69) is 6.58 Å². The number of hydrogen-bond acceptors (Lipinski definition) is 1. The molecule has 1 nitrogen and oxygen atoms in total. The van der Waals surface area contributed by atoms with Gasteiger partial charge in [-0.05, 0) is 42.0 Å². The maximum Gasteiger partial charge on any atom is 0.416 e. The predicted octanol–water partition coefficient (Wildman–Crippen LogP) is 5.14. The molecule has 19 heavy (non-hydrogen) atoms. The Labute approximate surface area is 109 Å². The second-order valence-corrected chi connectivity index (χ2v) is 3.90. The van der Waals surface area contributed by atoms with E-state index in [1.54, 1.807) is 18.2 Å². The summed E-state index contributed by atoms with van der Waals surface area (Å²) in [5, 5.41) is 0. The highest BCUT2D eigenvalue weighted by molar-refractivity contribution is 5.48. The van der Waals surface area contributed by atoms with Crippen LogP contribution in [-0.4, -0.2) is 0 Å². The van der Waals surface area contributed by atoms with Crippen LogP contribution in [0.4, 0.5) is 13.2 Å². The molecule has 0 amide bonds. The van der Waals surface area contributed by atoms with Crippen LogP contribution in [-0.2, 0) is 6.18 Å². The van der Waals surface area contributed by atoms with Gasteiger partial charge in [-0.15, -0.1) is 0 Å². The van der Waals surface area contributed by atoms with Gasteiger partial charge in [0.1, 0.15) is 11.5 Å². The first-order chi connectivity index (χ1) is 8.99. The fraction of sp³-hybridized carbons (Fsp3) is 0.0667. The minimum Gasteiger partial charge on any atom is -0.457 e. The van der Waals surface area contributed by atoms with Crippen molar-refractivity contribution < 1.29 is 17.9 Å². The zero-order valence-electron chi connectivity index (χ0n) is 9.95. The molecule has 0 saturated carbocycles. The molecular weight excluding hydrogens is 253 g/mol. The summed E-state index contributed by atoms with van der Waals surface area (Å²) in [6.45, 7) is 3.63. The van der Waals surface area contributed by atoms with Gasteiger partial charge in [-0.3, -0.25) is 0 Å². The molecule has 0 atom stereocenters. The molecule has 98 valence electrons. The molecule has 0 saturated heterocycles. The van der Waals surface area contributed by atoms with Gasteiger partial charge in [0.25, 0.3) is 0 Å². The zero-order valence-corrected chi connectivity index (χ0v) is 9.95. The first kappa shape index (κ1) is 13.2. The molecule has 0 aliphatic rings. The van der Waals surface area contributed by atoms with E-state index in [4.69, 9.17) is 4.74 Å². The monoisotopic (exact) mass is 264 g/mol. The van der Waals surface area contributed by atoms with E-state index in [1.807, 2.05) is 12.1 Å². The summed E-state index contributed by atoms with van der Waals surface area (Å²) < 4.78 is 42.6. The predicted molar refractivity (Wildman–Crippen MR) is 68.1 cm³/mol. The summed E-state index contributed by atoms with van der Waals surface area (Å²) >= 11 is 0. The van der Waals surface area contributed by atoms with E-state index in [0.717, 1.165) is 17.7 Å². The van der Waals surface area contributed by atoms with Crippen LogP contribution in [0.1, 0.15) is 11.1 Å². The second kappa shape index (κ2) is 5.18. The van der Waals surface area contributed by atoms with Crippen LogP contribution in [0.3, 0.4) is 0 Å². The first-order valence-corrected chi connectivity index (χ1v) is 5.56. The van der Waals surface area contributed by atoms with Gasteiger partial charge >= 0.3 is 6.18 Å². The van der Waals surface area contributed by atoms with E-state index in [-0.39, 0.29) is 0 Å². The molecule has 2 aromatic carbocycles. The minimum absolute atomic E-state index is 0.361. The topological polar surface area (TPSA) is 9.23 Å². The summed E-state index contributed by atoms with van der Waals surface area (Å²) in [4.78, 5) is 0. The summed E-state index contributed by atoms with van der Waals surface area (Å²) in [6.07, 6.45) is -2.63. The molecule has 0 spiro atoms. The summed E-state index contributed by atoms with van der Waals surface area (Å²) in [5.74, 6) is 0.921. The molecule has 0 radical (unpaired) electrons. The van der Waals surface area contributed by atoms with Crippen molar-refractivity contribution in [3.63, 3.8) is 0 Å². The Morgan fingerprint density at radius 1 is 0.842 bits per heavy atom. The van der Waals surface area contributed by atoms with Crippen LogP contribution < -0.4 is 4.74 Å². The van der Waals surface area contributed by atoms with Crippen molar-refractivity contribution in [3.05, 3.63) is 66.2 Å². The standard InChI is InChI=1S/C15H11F3O/c1-2-11-3-7-13(8-4-11)19-14-9-5-12(6-10-14)15(16,17)18/h2-10H,1H2. The molecule has 0 aromatic heterocycles. The molecule has 2 rings (SSSR count). The van der Waals surface area contributed by atoms with Crippen LogP contribution in [0, 0.1) is 0 Å². The third-order valence-corrected chi connectivity index (χ3v) is 2.53. The zero-order chi connectivity index (χ0) is 13.9. The smallest absolute Gasteiger partial charge is 0.416 e. The quantitative estimate of drug-likeness (QED) is 0.745. The van der Waals surface area contributed by atoms with E-state index in [0.29, 0.717) is 11.5 Å². The third kappa shape index (κ3) is 3.37. The van der Waals surface area contributed by atoms with Crippen molar-refractivity contribution >= 4 is 6.08 Å². The summed E-state index contributed by atoms with van der Waals surface area (Å²) in [5.41, 5.74) is 0.252. The average molecular weight is 264 g/mol. The van der Waals surface area contributed by atoms with Crippen molar-refractivity contribution in [2.75, 3.05) is 0 Å². The normalized spacial score (nSPS) is 11.1. The van der Waals surface area contributed by atoms with Crippen molar-refractivity contribution in [1.29, 1.82) is 0 Å². The van der Waals surface area contributed by atoms with Gasteiger partial charge < -0.3 is 4.74 Å². The van der Waals surface area contributed by atoms with E-state index < -0.39 is 11.7 Å². The maximum atomic E-state index is 12.4. The molecule has 0 aliphatic carbocycles. The Morgan fingerprint density at radius 3 is 1.74 bits per heavy atom. The summed E-state index contributed by atoms with van der Waals surface area (Å²) in [7, 11) is 0. The molecule has 0 heterocycles. The average Bonchev–Trinajstić information content (AvgIpc) is 2.39. The van der Waals surface area contributed by atoms with Crippen molar-refractivity contribution in [1.82, 2.24) is 0 Å². The second-order valence-electron chi connectivity index (χ2n) is 3.90. The molecular formula is C15H11F3O. The number of hydrogen-bond donors (Lipinski definition) is 0. The van der Waals surface area contributed by atoms with Gasteiger partial charge in [-0.25, -0.2) is 0 Å². The van der Waals surface area contributed by atoms with Crippen LogP contribution in [0.25, 0.3) is 6.08 Å². The Hall–Kier alpha value is -2.23. The fourth-order valence-corrected chi connectivity index (χ4v) is 1.52. The lowest BCUT2D eigenvalue weighted by Gasteiger charge is -2.09. The molecule has 4 heteroatoms. The lowest BCUT2D eigenvalue weighted by Crippen LogP contribution is -2.03. The number of alkyl halides is 3. The van der Waals surface area contributed by atoms with Crippen LogP contribution in [0.15, 0.2) is 55.1 Å². The van der Waals surface area contributed by atoms with Crippen LogP contribution in [0.5, 0.6) is 11.5 Å². The van der Waals surface area contributed by atoms with Crippen molar-refractivity contribution in [3.8, 4) is 11.5 Å². The fourth-order valence-electron chi connectivity index (χ4n) is 1.52. The van der Waals surface area contributed by atoms with Gasteiger partial charge in [-0.1, -0.05) is 24.8 Å². The van der Waals surface area contributed by atoms with Gasteiger partial charge in [0.15, 0.2) is 0 Å². The van der Waals surface area contributed by atoms with E-state index in [1.165, 1.54) is 12.1 Å². The highest BCUT2D eigenvalue weighted by Gasteiger charge is 2.29. The molecule has 0 aliphatic heterocycles. The summed E-state index contributed by atoms with van der Waals surface area (Å²) in [6, 6.07) is 11.7. The number of ether oxygens (including phenoxy) is 1. The largest absolute Gasteiger partial charge is 0.457 e.